The number of nitrogens with zero attached hydrogens (tertiary/aromatic N) is 8. The number of hydrogen-bond acceptors (Lipinski definition) is 17. The molecular weight excluding hydrogens is 607 g/mol. The number of fused-ring (bicyclic) bond motifs is 1. The van der Waals surface area contributed by atoms with Crippen LogP contribution in [0, 0.1) is 31.8 Å². The Morgan fingerprint density at radius 2 is 1.77 bits per heavy atom. The maximum atomic E-state index is 12.2. The van der Waals surface area contributed by atoms with Gasteiger partial charge in [-0.05, 0) is 54.4 Å². The number of aromatic nitrogens is 2. The molecule has 40 heavy (non-hydrogen) atoms. The molecule has 0 saturated carbocycles. The van der Waals surface area contributed by atoms with Crippen LogP contribution in [0.4, 0.5) is 32.8 Å². The number of aromatic hydroxyl groups is 1. The lowest BCUT2D eigenvalue weighted by Crippen LogP contribution is -2.02. The molecule has 20 heteroatoms. The summed E-state index contributed by atoms with van der Waals surface area (Å²) in [7, 11) is -4.94. The molecule has 16 nitrogen and oxygen atoms in total. The lowest BCUT2D eigenvalue weighted by molar-refractivity contribution is -0.432. The maximum absolute atomic E-state index is 12.2. The molecule has 4 aromatic rings. The molecule has 0 aliphatic carbocycles. The van der Waals surface area contributed by atoms with Gasteiger partial charge in [-0.2, -0.15) is 18.1 Å². The van der Waals surface area contributed by atoms with Gasteiger partial charge in [0, 0.05) is 0 Å². The Kier molecular flexibility index (Phi) is 8.34. The monoisotopic (exact) mass is 619 g/mol. The quantitative estimate of drug-likeness (QED) is 0.0310. The van der Waals surface area contributed by atoms with Gasteiger partial charge in [-0.1, -0.05) is 5.04 Å². The average molecular weight is 620 g/mol. The fourth-order valence-electron chi connectivity index (χ4n) is 3.32. The Morgan fingerprint density at radius 1 is 1.12 bits per heavy atom. The normalized spacial score (nSPS) is 11.9. The van der Waals surface area contributed by atoms with Crippen LogP contribution in [0.2, 0.25) is 0 Å². The minimum absolute atomic E-state index is 0.0219. The Labute approximate surface area is 237 Å². The lowest BCUT2D eigenvalue weighted by atomic mass is 10.1. The highest BCUT2D eigenvalue weighted by atomic mass is 32.2. The number of benzene rings is 2. The zero-order valence-electron chi connectivity index (χ0n) is 19.9. The van der Waals surface area contributed by atoms with Crippen LogP contribution in [0.25, 0.3) is 15.6 Å². The highest BCUT2D eigenvalue weighted by Gasteiger charge is 2.26. The van der Waals surface area contributed by atoms with Crippen LogP contribution in [-0.4, -0.2) is 32.1 Å². The molecule has 5 N–H and O–H groups in total. The fourth-order valence-corrected chi connectivity index (χ4v) is 5.83. The van der Waals surface area contributed by atoms with Gasteiger partial charge in [0.25, 0.3) is 10.1 Å². The first-order valence-corrected chi connectivity index (χ1v) is 14.0. The summed E-state index contributed by atoms with van der Waals surface area (Å²) >= 11 is 2.09. The van der Waals surface area contributed by atoms with E-state index in [9.17, 15) is 23.3 Å². The predicted octanol–water partition coefficient (Wildman–Crippen LogP) is 6.59. The topological polar surface area (TPSA) is 243 Å². The highest BCUT2D eigenvalue weighted by Crippen LogP contribution is 2.50. The molecule has 0 bridgehead atoms. The van der Waals surface area contributed by atoms with E-state index in [1.54, 1.807) is 13.8 Å². The second-order valence-corrected chi connectivity index (χ2v) is 11.1. The zero-order chi connectivity index (χ0) is 29.2. The number of rotatable bonds is 8. The molecule has 4 rings (SSSR count). The van der Waals surface area contributed by atoms with Gasteiger partial charge >= 0.3 is 0 Å². The van der Waals surface area contributed by atoms with E-state index in [0.29, 0.717) is 23.4 Å². The Hall–Kier alpha value is -4.12. The van der Waals surface area contributed by atoms with Crippen LogP contribution < -0.4 is 5.73 Å². The standard InChI is InChI=1S/C20H13N9O7S4/c1-7-10(6-21)19(37-28-7)26-24-16-11(39-36-35-31)4-9-5-12(40(32,33)34)17(14(22)13(9)18(16)30)25-27-20-15(23-3)8(2)29-38-20/h4-5,30-31H,22H2,1-2H3,(H,32,33,34). The molecule has 2 aromatic heterocycles. The van der Waals surface area contributed by atoms with E-state index in [1.807, 2.05) is 6.07 Å². The van der Waals surface area contributed by atoms with Crippen LogP contribution in [0.3, 0.4) is 0 Å². The van der Waals surface area contributed by atoms with Crippen molar-refractivity contribution >= 4 is 88.8 Å². The molecule has 2 heterocycles. The van der Waals surface area contributed by atoms with E-state index in [2.05, 4.69) is 43.4 Å². The molecule has 2 aromatic carbocycles. The van der Waals surface area contributed by atoms with E-state index in [1.165, 1.54) is 6.07 Å². The van der Waals surface area contributed by atoms with Crippen molar-refractivity contribution in [3.8, 4) is 11.8 Å². The number of nitriles is 1. The van der Waals surface area contributed by atoms with Crippen LogP contribution in [-0.2, 0) is 19.5 Å². The van der Waals surface area contributed by atoms with Gasteiger partial charge < -0.3 is 10.8 Å². The van der Waals surface area contributed by atoms with Gasteiger partial charge in [-0.15, -0.1) is 24.8 Å². The van der Waals surface area contributed by atoms with Gasteiger partial charge in [-0.25, -0.2) is 14.5 Å². The van der Waals surface area contributed by atoms with Crippen molar-refractivity contribution in [2.45, 2.75) is 23.6 Å². The first-order valence-electron chi connectivity index (χ1n) is 10.3. The summed E-state index contributed by atoms with van der Waals surface area (Å²) in [4.78, 5) is 2.52. The largest absolute Gasteiger partial charge is 0.505 e. The fraction of sp³-hybridized carbons (Fsp3) is 0.100. The summed E-state index contributed by atoms with van der Waals surface area (Å²) in [5, 5.41) is 48.6. The van der Waals surface area contributed by atoms with Crippen molar-refractivity contribution in [3.63, 3.8) is 0 Å². The first kappa shape index (κ1) is 28.9. The van der Waals surface area contributed by atoms with Crippen molar-refractivity contribution in [2.75, 3.05) is 5.73 Å². The van der Waals surface area contributed by atoms with E-state index in [0.717, 1.165) is 29.1 Å². The van der Waals surface area contributed by atoms with Crippen LogP contribution >= 0.6 is 35.1 Å². The van der Waals surface area contributed by atoms with E-state index >= 15 is 0 Å². The van der Waals surface area contributed by atoms with Crippen molar-refractivity contribution in [1.29, 1.82) is 5.26 Å². The maximum Gasteiger partial charge on any atom is 0.296 e. The SMILES string of the molecule is [C-]#[N+]c1c(C)nsc1N=Nc1c(S(=O)(=O)O)cc2cc(SOOO)c(N=Nc3snc(C)c3C#N)c(O)c2c1N. The summed E-state index contributed by atoms with van der Waals surface area (Å²) in [6, 6.07) is 4.17. The van der Waals surface area contributed by atoms with Crippen LogP contribution in [0.5, 0.6) is 5.75 Å². The Morgan fingerprint density at radius 3 is 2.42 bits per heavy atom. The van der Waals surface area contributed by atoms with E-state index in [-0.39, 0.29) is 42.6 Å². The zero-order valence-corrected chi connectivity index (χ0v) is 23.2. The molecule has 0 fully saturated rings. The first-order chi connectivity index (χ1) is 19.0. The van der Waals surface area contributed by atoms with E-state index < -0.39 is 32.1 Å². The minimum Gasteiger partial charge on any atom is -0.505 e. The van der Waals surface area contributed by atoms with Gasteiger partial charge in [0.2, 0.25) is 5.69 Å². The molecule has 0 saturated heterocycles. The number of hydrogen-bond donors (Lipinski definition) is 4. The van der Waals surface area contributed by atoms with Gasteiger partial charge in [-0.3, -0.25) is 4.55 Å². The Balaban J connectivity index is 1.99. The smallest absolute Gasteiger partial charge is 0.296 e. The number of nitrogen functional groups attached to an aromatic ring is 1. The molecule has 0 aliphatic rings. The average Bonchev–Trinajstić information content (AvgIpc) is 3.45. The molecule has 204 valence electrons. The molecule has 0 spiro atoms. The molecule has 0 atom stereocenters. The molecular formula is C20H13N9O7S4. The number of phenols is 1. The van der Waals surface area contributed by atoms with Crippen LogP contribution in [0.1, 0.15) is 17.0 Å². The van der Waals surface area contributed by atoms with Crippen molar-refractivity contribution in [1.82, 2.24) is 8.75 Å². The van der Waals surface area contributed by atoms with Gasteiger partial charge in [0.1, 0.15) is 27.9 Å². The second-order valence-electron chi connectivity index (χ2n) is 7.50. The minimum atomic E-state index is -4.94. The third-order valence-corrected chi connectivity index (χ3v) is 8.23. The Bertz CT molecular complexity index is 1900. The number of nitrogens with two attached hydrogens (primary N) is 1. The highest BCUT2D eigenvalue weighted by molar-refractivity contribution is 7.94. The number of azo groups is 2. The predicted molar refractivity (Wildman–Crippen MR) is 144 cm³/mol. The summed E-state index contributed by atoms with van der Waals surface area (Å²) in [5.74, 6) is -0.628. The number of anilines is 1. The van der Waals surface area contributed by atoms with Gasteiger partial charge in [0.15, 0.2) is 15.8 Å². The second kappa shape index (κ2) is 11.5. The van der Waals surface area contributed by atoms with Gasteiger partial charge in [0.05, 0.1) is 46.0 Å². The third-order valence-electron chi connectivity index (χ3n) is 5.11. The third kappa shape index (κ3) is 5.46. The van der Waals surface area contributed by atoms with Crippen LogP contribution in [0.15, 0.2) is 42.4 Å². The van der Waals surface area contributed by atoms with E-state index in [4.69, 9.17) is 17.6 Å². The number of aryl methyl sites for hydroxylation is 2. The van der Waals surface area contributed by atoms with Crippen molar-refractivity contribution in [3.05, 3.63) is 40.5 Å². The summed E-state index contributed by atoms with van der Waals surface area (Å²) in [6.45, 7) is 10.5. The summed E-state index contributed by atoms with van der Waals surface area (Å²) in [6.07, 6.45) is 0. The van der Waals surface area contributed by atoms with Crippen molar-refractivity contribution < 1.29 is 32.7 Å². The van der Waals surface area contributed by atoms with Crippen molar-refractivity contribution in [2.24, 2.45) is 20.5 Å². The molecule has 0 radical (unpaired) electrons. The summed E-state index contributed by atoms with van der Waals surface area (Å²) in [5.41, 5.74) is 6.08. The molecule has 0 aliphatic heterocycles. The molecule has 0 amide bonds. The summed E-state index contributed by atoms with van der Waals surface area (Å²) < 4.78 is 46.9. The number of phenolic OH excluding ortho intramolecular Hbond substituents is 1. The molecule has 0 unspecified atom stereocenters. The lowest BCUT2D eigenvalue weighted by Gasteiger charge is -2.14.